The molecule has 1 aliphatic rings. The van der Waals surface area contributed by atoms with Crippen molar-refractivity contribution in [2.24, 2.45) is 16.1 Å². The van der Waals surface area contributed by atoms with Crippen LogP contribution in [0.2, 0.25) is 0 Å². The summed E-state index contributed by atoms with van der Waals surface area (Å²) in [5.74, 6) is -1.96. The third kappa shape index (κ3) is 2.52. The van der Waals surface area contributed by atoms with E-state index < -0.39 is 23.1 Å². The van der Waals surface area contributed by atoms with Crippen LogP contribution >= 0.6 is 0 Å². The molecule has 3 amide bonds. The molecule has 1 aliphatic heterocycles. The molecule has 0 saturated carbocycles. The summed E-state index contributed by atoms with van der Waals surface area (Å²) in [6, 6.07) is 0. The van der Waals surface area contributed by atoms with E-state index in [9.17, 15) is 14.4 Å². The fourth-order valence-corrected chi connectivity index (χ4v) is 0.794. The van der Waals surface area contributed by atoms with E-state index >= 15 is 0 Å². The standard InChI is InChI=1S/C8H12N4O3/c1-8(2,6(9)15)3-10-7-11-4(13)5(14)12-7/h3H2,1-2H3,(H2,9,15)(H2,10,11,12,13,14). The van der Waals surface area contributed by atoms with Gasteiger partial charge in [-0.15, -0.1) is 0 Å². The molecule has 1 rings (SSSR count). The molecule has 0 aromatic carbocycles. The monoisotopic (exact) mass is 212 g/mol. The number of hydrogen-bond acceptors (Lipinski definition) is 4. The van der Waals surface area contributed by atoms with Gasteiger partial charge < -0.3 is 5.73 Å². The molecule has 7 nitrogen and oxygen atoms in total. The molecule has 0 aliphatic carbocycles. The van der Waals surface area contributed by atoms with Crippen LogP contribution in [0, 0.1) is 5.41 Å². The quantitative estimate of drug-likeness (QED) is 0.475. The van der Waals surface area contributed by atoms with Crippen molar-refractivity contribution in [3.05, 3.63) is 0 Å². The first-order valence-corrected chi connectivity index (χ1v) is 4.29. The average Bonchev–Trinajstić information content (AvgIpc) is 2.43. The summed E-state index contributed by atoms with van der Waals surface area (Å²) >= 11 is 0. The second-order valence-corrected chi connectivity index (χ2v) is 3.82. The van der Waals surface area contributed by atoms with Gasteiger partial charge in [0, 0.05) is 0 Å². The number of carbonyl (C=O) groups is 3. The van der Waals surface area contributed by atoms with Crippen molar-refractivity contribution in [1.29, 1.82) is 0 Å². The lowest BCUT2D eigenvalue weighted by atomic mass is 9.93. The number of guanidine groups is 1. The third-order valence-electron chi connectivity index (χ3n) is 1.97. The first kappa shape index (κ1) is 11.2. The smallest absolute Gasteiger partial charge is 0.316 e. The molecule has 0 aromatic heterocycles. The zero-order valence-electron chi connectivity index (χ0n) is 8.46. The van der Waals surface area contributed by atoms with Gasteiger partial charge in [0.25, 0.3) is 0 Å². The van der Waals surface area contributed by atoms with Crippen LogP contribution in [0.5, 0.6) is 0 Å². The van der Waals surface area contributed by atoms with Crippen LogP contribution in [0.15, 0.2) is 4.99 Å². The van der Waals surface area contributed by atoms with Crippen molar-refractivity contribution in [3.8, 4) is 0 Å². The molecular weight excluding hydrogens is 200 g/mol. The van der Waals surface area contributed by atoms with Crippen molar-refractivity contribution in [2.75, 3.05) is 6.54 Å². The molecule has 82 valence electrons. The van der Waals surface area contributed by atoms with Crippen molar-refractivity contribution in [2.45, 2.75) is 13.8 Å². The number of amides is 3. The highest BCUT2D eigenvalue weighted by Gasteiger charge is 2.28. The van der Waals surface area contributed by atoms with Gasteiger partial charge in [-0.2, -0.15) is 0 Å². The van der Waals surface area contributed by atoms with Gasteiger partial charge in [0.1, 0.15) is 0 Å². The van der Waals surface area contributed by atoms with E-state index in [0.717, 1.165) is 0 Å². The van der Waals surface area contributed by atoms with Gasteiger partial charge in [-0.05, 0) is 13.8 Å². The van der Waals surface area contributed by atoms with Crippen molar-refractivity contribution >= 4 is 23.7 Å². The number of nitrogens with one attached hydrogen (secondary N) is 2. The van der Waals surface area contributed by atoms with Gasteiger partial charge in [0.15, 0.2) is 0 Å². The molecule has 1 fully saturated rings. The normalized spacial score (nSPS) is 16.0. The Kier molecular flexibility index (Phi) is 2.74. The minimum atomic E-state index is -0.814. The maximum absolute atomic E-state index is 10.9. The molecule has 0 aromatic rings. The summed E-state index contributed by atoms with van der Waals surface area (Å²) in [6.07, 6.45) is 0. The van der Waals surface area contributed by atoms with Crippen LogP contribution in [-0.4, -0.2) is 30.2 Å². The molecule has 0 bridgehead atoms. The van der Waals surface area contributed by atoms with E-state index in [1.807, 2.05) is 0 Å². The van der Waals surface area contributed by atoms with Crippen LogP contribution in [0.4, 0.5) is 0 Å². The molecule has 1 heterocycles. The van der Waals surface area contributed by atoms with E-state index in [0.29, 0.717) is 0 Å². The average molecular weight is 212 g/mol. The van der Waals surface area contributed by atoms with Crippen molar-refractivity contribution in [1.82, 2.24) is 10.6 Å². The van der Waals surface area contributed by atoms with E-state index in [4.69, 9.17) is 5.73 Å². The minimum Gasteiger partial charge on any atom is -0.369 e. The molecule has 4 N–H and O–H groups in total. The maximum atomic E-state index is 10.9. The Morgan fingerprint density at radius 1 is 1.33 bits per heavy atom. The summed E-state index contributed by atoms with van der Waals surface area (Å²) in [4.78, 5) is 36.3. The van der Waals surface area contributed by atoms with Gasteiger partial charge in [-0.25, -0.2) is 0 Å². The van der Waals surface area contributed by atoms with E-state index in [-0.39, 0.29) is 12.5 Å². The van der Waals surface area contributed by atoms with E-state index in [1.165, 1.54) is 0 Å². The first-order valence-electron chi connectivity index (χ1n) is 4.29. The van der Waals surface area contributed by atoms with Gasteiger partial charge in [0.05, 0.1) is 12.0 Å². The summed E-state index contributed by atoms with van der Waals surface area (Å²) in [5, 5.41) is 4.43. The second kappa shape index (κ2) is 3.68. The molecule has 0 radical (unpaired) electrons. The van der Waals surface area contributed by atoms with E-state index in [2.05, 4.69) is 15.6 Å². The van der Waals surface area contributed by atoms with Crippen molar-refractivity contribution < 1.29 is 14.4 Å². The number of primary amides is 1. The van der Waals surface area contributed by atoms with E-state index in [1.54, 1.807) is 13.8 Å². The van der Waals surface area contributed by atoms with Gasteiger partial charge in [0.2, 0.25) is 11.9 Å². The third-order valence-corrected chi connectivity index (χ3v) is 1.97. The number of nitrogens with two attached hydrogens (primary N) is 1. The molecular formula is C8H12N4O3. The van der Waals surface area contributed by atoms with Gasteiger partial charge in [-0.1, -0.05) is 0 Å². The number of aliphatic imine (C=N–C) groups is 1. The molecule has 1 saturated heterocycles. The molecule has 0 atom stereocenters. The predicted molar refractivity (Wildman–Crippen MR) is 51.6 cm³/mol. The lowest BCUT2D eigenvalue weighted by molar-refractivity contribution is -0.135. The lowest BCUT2D eigenvalue weighted by Gasteiger charge is -2.17. The zero-order valence-corrected chi connectivity index (χ0v) is 8.46. The highest BCUT2D eigenvalue weighted by atomic mass is 16.2. The number of hydrogen-bond donors (Lipinski definition) is 3. The van der Waals surface area contributed by atoms with Gasteiger partial charge >= 0.3 is 11.8 Å². The van der Waals surface area contributed by atoms with Crippen molar-refractivity contribution in [3.63, 3.8) is 0 Å². The Balaban J connectivity index is 2.64. The SMILES string of the molecule is CC(C)(CN=C1NC(=O)C(=O)N1)C(N)=O. The number of carbonyl (C=O) groups excluding carboxylic acids is 3. The van der Waals surface area contributed by atoms with Crippen LogP contribution in [0.3, 0.4) is 0 Å². The van der Waals surface area contributed by atoms with Crippen LogP contribution in [0.25, 0.3) is 0 Å². The lowest BCUT2D eigenvalue weighted by Crippen LogP contribution is -2.36. The van der Waals surface area contributed by atoms with Crippen LogP contribution in [0.1, 0.15) is 13.8 Å². The number of nitrogens with zero attached hydrogens (tertiary/aromatic N) is 1. The fourth-order valence-electron chi connectivity index (χ4n) is 0.794. The Bertz CT molecular complexity index is 341. The fraction of sp³-hybridized carbons (Fsp3) is 0.500. The second-order valence-electron chi connectivity index (χ2n) is 3.82. The molecule has 15 heavy (non-hydrogen) atoms. The summed E-state index contributed by atoms with van der Waals surface area (Å²) in [6.45, 7) is 3.34. The predicted octanol–water partition coefficient (Wildman–Crippen LogP) is -1.90. The first-order chi connectivity index (χ1) is 6.83. The molecule has 7 heteroatoms. The summed E-state index contributed by atoms with van der Waals surface area (Å²) in [5.41, 5.74) is 4.31. The molecule has 0 unspecified atom stereocenters. The number of rotatable bonds is 3. The largest absolute Gasteiger partial charge is 0.369 e. The Morgan fingerprint density at radius 3 is 2.20 bits per heavy atom. The Hall–Kier alpha value is -1.92. The topological polar surface area (TPSA) is 114 Å². The highest BCUT2D eigenvalue weighted by Crippen LogP contribution is 2.13. The zero-order chi connectivity index (χ0) is 11.6. The summed E-state index contributed by atoms with van der Waals surface area (Å²) in [7, 11) is 0. The van der Waals surface area contributed by atoms with Crippen LogP contribution < -0.4 is 16.4 Å². The molecule has 0 spiro atoms. The maximum Gasteiger partial charge on any atom is 0.316 e. The van der Waals surface area contributed by atoms with Gasteiger partial charge in [-0.3, -0.25) is 30.0 Å². The minimum absolute atomic E-state index is 0.0549. The highest BCUT2D eigenvalue weighted by molar-refractivity contribution is 6.45. The Labute approximate surface area is 86.1 Å². The Morgan fingerprint density at radius 2 is 1.80 bits per heavy atom. The van der Waals surface area contributed by atoms with Crippen LogP contribution in [-0.2, 0) is 14.4 Å². The summed E-state index contributed by atoms with van der Waals surface area (Å²) < 4.78 is 0.